The number of benzene rings is 8. The van der Waals surface area contributed by atoms with Crippen molar-refractivity contribution in [2.45, 2.75) is 186 Å². The molecule has 5 heteroatoms. The largest absolute Gasteiger partial charge is 0.458 e. The molecule has 0 bridgehead atoms. The lowest BCUT2D eigenvalue weighted by molar-refractivity contribution is -0.571. The maximum Gasteiger partial charge on any atom is 0.269 e. The fourth-order valence-electron chi connectivity index (χ4n) is 11.3. The van der Waals surface area contributed by atoms with E-state index >= 15 is 0 Å². The van der Waals surface area contributed by atoms with Gasteiger partial charge in [0.2, 0.25) is 0 Å². The van der Waals surface area contributed by atoms with Gasteiger partial charge in [0.25, 0.3) is 6.33 Å². The number of imidazole rings is 1. The summed E-state index contributed by atoms with van der Waals surface area (Å²) in [5, 5.41) is 1.41. The van der Waals surface area contributed by atoms with Crippen molar-refractivity contribution in [1.29, 1.82) is 0 Å². The van der Waals surface area contributed by atoms with E-state index in [4.69, 9.17) is 34.4 Å². The van der Waals surface area contributed by atoms with Gasteiger partial charge in [0.15, 0.2) is 0 Å². The summed E-state index contributed by atoms with van der Waals surface area (Å²) in [7, 11) is 0. The number of hydrogen-bond donors (Lipinski definition) is 0. The second-order valence-electron chi connectivity index (χ2n) is 23.0. The van der Waals surface area contributed by atoms with Gasteiger partial charge in [-0.1, -0.05) is 212 Å². The highest BCUT2D eigenvalue weighted by molar-refractivity contribution is 6.09. The molecule has 446 valence electrons. The maximum absolute atomic E-state index is 10.7. The molecule has 5 nitrogen and oxygen atoms in total. The molecule has 3 aliphatic rings. The van der Waals surface area contributed by atoms with Gasteiger partial charge < -0.3 is 4.74 Å². The summed E-state index contributed by atoms with van der Waals surface area (Å²) in [6.45, 7) is -45.6. The average Bonchev–Trinajstić information content (AvgIpc) is 0.796. The second kappa shape index (κ2) is 20.3. The van der Waals surface area contributed by atoms with Crippen molar-refractivity contribution < 1.29 is 86.1 Å². The lowest BCUT2D eigenvalue weighted by Gasteiger charge is -2.43. The highest BCUT2D eigenvalue weighted by Gasteiger charge is 2.41. The van der Waals surface area contributed by atoms with Crippen LogP contribution in [0.3, 0.4) is 0 Å². The number of para-hydroxylation sites is 2. The zero-order valence-electron chi connectivity index (χ0n) is 103. The zero-order valence-corrected chi connectivity index (χ0v) is 47.2. The van der Waals surface area contributed by atoms with Crippen molar-refractivity contribution >= 4 is 32.8 Å². The molecule has 0 amide bonds. The summed E-state index contributed by atoms with van der Waals surface area (Å²) in [5.41, 5.74) is -50.7. The molecule has 0 N–H and O–H groups in total. The van der Waals surface area contributed by atoms with Gasteiger partial charge in [-0.2, -0.15) is 0 Å². The Labute approximate surface area is 602 Å². The van der Waals surface area contributed by atoms with E-state index in [2.05, 4.69) is 6.33 Å². The molecule has 1 unspecified atom stereocenters. The monoisotopic (exact) mass is 1210 g/mol. The van der Waals surface area contributed by atoms with E-state index in [1.165, 1.54) is 24.3 Å². The first-order valence-corrected chi connectivity index (χ1v) is 27.5. The minimum Gasteiger partial charge on any atom is -0.458 e. The Hall–Kier alpha value is -8.02. The first-order chi connectivity index (χ1) is 64.6. The highest BCUT2D eigenvalue weighted by Crippen LogP contribution is 2.52. The standard InChI is InChI=1S/C83H88N4O/c1-16-83(15)43-42-82(13,14)70-47-56(29-35-67(70)83)62-25-20-24-61(55-28-34-66-69(46-55)81(11,12)41-39-79(66,7)8)76(62)86-52-85(72-36-30-54(48-74(72)86)53-27-33-65-68(45-53)80(9,10)40-38-78(65,5)6)58-21-19-22-59(50-58)88-60-31-32-64-63-23-17-18-26-71(63)87(73(64)51-60)75-49-57(37-44-84-75)77(2,3)4/h17-37,44-51H,16,38-43H2,1-15H3/i5D3,6D3,7D3,8D3,9D3,10D3,11D3,12D3,13D3,14D3,15D3,16D2,27D,28D,29D,33D,34D,35D,38D2,39D2,40D2,41D2,42D2,43D2,45D,46D,47D. The normalized spacial score (nSPS) is 33.4. The lowest BCUT2D eigenvalue weighted by atomic mass is 9.61. The second-order valence-corrected chi connectivity index (χ2v) is 23.0. The van der Waals surface area contributed by atoms with E-state index in [1.54, 1.807) is 36.5 Å². The number of pyridine rings is 1. The van der Waals surface area contributed by atoms with Gasteiger partial charge in [-0.15, -0.1) is 0 Å². The SMILES string of the molecule is [2H]c1c([2H])c2c(c([2H])c1-c1ccc3c(c1)[n+](-c1c(-c4c([2H])c([2H])c5c(c4[2H])C(C([2H])([2H])[2H])(C([2H])([2H])[2H])C([2H])([2H])C([2H])([2H])C5(C([2H])([2H])[2H])C([2H])([2H])[2H])cccc1-c1c([2H])c([2H])c4c(c1[2H])C(C([2H])([2H])[2H])(C([2H])([2H])[2H])C([2H])([2H])C([2H])([2H])C4(C([2H])([2H])[2H])C([2H])([2H])C)[c-]n3-c1cccc(Oc3ccc4c5ccccc5n(-c5cc(C(C)(C)C)ccn5)c4c3)c1)C(C([2H])([2H])[2H])(C([2H])([2H])[2H])C([2H])([2H])C([2H])([2H])C2(C([2H])([2H])[2H])C([2H])([2H])[2H]. The Kier molecular flexibility index (Phi) is 5.17. The third kappa shape index (κ3) is 9.55. The topological polar surface area (TPSA) is 35.9 Å². The molecule has 3 aromatic heterocycles. The van der Waals surface area contributed by atoms with Crippen LogP contribution in [0.5, 0.6) is 11.5 Å². The first kappa shape index (κ1) is 22.5. The molecule has 3 aliphatic carbocycles. The summed E-state index contributed by atoms with van der Waals surface area (Å²) in [6, 6.07) is 8.25. The minimum atomic E-state index is -5.09. The summed E-state index contributed by atoms with van der Waals surface area (Å²) < 4.78 is 540. The Morgan fingerprint density at radius 2 is 1.12 bits per heavy atom. The number of aromatic nitrogens is 4. The molecule has 3 heterocycles. The Bertz CT molecular complexity index is 6890. The van der Waals surface area contributed by atoms with Crippen molar-refractivity contribution in [3.8, 4) is 62.1 Å². The van der Waals surface area contributed by atoms with Crippen LogP contribution in [-0.2, 0) is 37.9 Å². The summed E-state index contributed by atoms with van der Waals surface area (Å²) in [4.78, 5) is 4.75. The summed E-state index contributed by atoms with van der Waals surface area (Å²) in [5.74, 6) is 0.358. The molecule has 0 fully saturated rings. The fourth-order valence-corrected chi connectivity index (χ4v) is 11.3. The number of ether oxygens (including phenoxy) is 1. The van der Waals surface area contributed by atoms with E-state index in [0.29, 0.717) is 58.0 Å². The molecule has 0 aliphatic heterocycles. The minimum absolute atomic E-state index is 0.0655. The van der Waals surface area contributed by atoms with Crippen molar-refractivity contribution in [2.24, 2.45) is 0 Å². The molecule has 88 heavy (non-hydrogen) atoms. The molecule has 1 atom stereocenters. The molecule has 0 saturated heterocycles. The van der Waals surface area contributed by atoms with E-state index in [-0.39, 0.29) is 17.2 Å². The van der Waals surface area contributed by atoms with E-state index in [1.807, 2.05) is 49.6 Å². The third-order valence-electron chi connectivity index (χ3n) is 15.9. The van der Waals surface area contributed by atoms with Crippen molar-refractivity contribution in [2.75, 3.05) is 0 Å². The van der Waals surface area contributed by atoms with Crippen molar-refractivity contribution in [1.82, 2.24) is 14.1 Å². The van der Waals surface area contributed by atoms with Crippen LogP contribution >= 0.6 is 0 Å². The van der Waals surface area contributed by atoms with Gasteiger partial charge >= 0.3 is 0 Å². The van der Waals surface area contributed by atoms with Gasteiger partial charge in [-0.25, -0.2) is 4.98 Å². The van der Waals surface area contributed by atoms with E-state index < -0.39 is 296 Å². The van der Waals surface area contributed by atoms with E-state index in [9.17, 15) is 52.1 Å². The molecule has 14 rings (SSSR count). The molecular weight excluding hydrogens is 1070 g/mol. The van der Waals surface area contributed by atoms with Crippen LogP contribution in [0.25, 0.3) is 83.4 Å². The van der Waals surface area contributed by atoms with Crippen molar-refractivity contribution in [3.63, 3.8) is 0 Å². The van der Waals surface area contributed by atoms with Crippen LogP contribution in [0.1, 0.15) is 263 Å². The van der Waals surface area contributed by atoms with Crippen LogP contribution in [0, 0.1) is 6.33 Å². The van der Waals surface area contributed by atoms with Crippen LogP contribution in [-0.4, -0.2) is 14.1 Å². The summed E-state index contributed by atoms with van der Waals surface area (Å²) >= 11 is 0. The van der Waals surface area contributed by atoms with Crippen molar-refractivity contribution in [3.05, 3.63) is 221 Å². The Morgan fingerprint density at radius 3 is 1.77 bits per heavy atom. The first-order valence-electron chi connectivity index (χ1n) is 55.5. The van der Waals surface area contributed by atoms with Crippen LogP contribution in [0.4, 0.5) is 0 Å². The van der Waals surface area contributed by atoms with Crippen LogP contribution in [0.2, 0.25) is 0 Å². The Morgan fingerprint density at radius 1 is 0.545 bits per heavy atom. The summed E-state index contributed by atoms with van der Waals surface area (Å²) in [6.07, 6.45) is -29.2. The predicted octanol–water partition coefficient (Wildman–Crippen LogP) is 21.7. The fraction of sp³-hybridized carbons (Fsp3) is 0.349. The van der Waals surface area contributed by atoms with Gasteiger partial charge in [-0.05, 0) is 209 Å². The average molecular weight is 1210 g/mol. The number of rotatable bonds is 9. The number of hydrogen-bond acceptors (Lipinski definition) is 2. The molecule has 0 spiro atoms. The quantitative estimate of drug-likeness (QED) is 0.107. The zero-order chi connectivity index (χ0) is 110. The Balaban J connectivity index is 1.26. The number of nitrogens with zero attached hydrogens (tertiary/aromatic N) is 4. The molecule has 0 saturated carbocycles. The maximum atomic E-state index is 10.7. The van der Waals surface area contributed by atoms with Crippen LogP contribution < -0.4 is 9.30 Å². The van der Waals surface area contributed by atoms with E-state index in [0.717, 1.165) is 27.6 Å². The van der Waals surface area contributed by atoms with Gasteiger partial charge in [0.1, 0.15) is 17.3 Å². The van der Waals surface area contributed by atoms with Gasteiger partial charge in [-0.3, -0.25) is 13.7 Å². The smallest absolute Gasteiger partial charge is 0.269 e. The lowest BCUT2D eigenvalue weighted by Crippen LogP contribution is -2.35. The number of fused-ring (bicyclic) bond motifs is 7. The molecule has 8 aromatic carbocycles. The third-order valence-corrected chi connectivity index (χ3v) is 15.9. The molecule has 11 aromatic rings. The highest BCUT2D eigenvalue weighted by atomic mass is 16.5. The molecule has 0 radical (unpaired) electrons. The van der Waals surface area contributed by atoms with Gasteiger partial charge in [0.05, 0.1) is 45.8 Å². The predicted molar refractivity (Wildman–Crippen MR) is 368 cm³/mol. The van der Waals surface area contributed by atoms with Gasteiger partial charge in [0, 0.05) is 87.5 Å². The van der Waals surface area contributed by atoms with Crippen LogP contribution in [0.15, 0.2) is 176 Å². The molecular formula is C83H88N4O.